The van der Waals surface area contributed by atoms with Crippen LogP contribution < -0.4 is 9.64 Å². The number of carbonyl (C=O) groups is 1. The smallest absolute Gasteiger partial charge is 0.247 e. The number of hydrogen-bond acceptors (Lipinski definition) is 6. The van der Waals surface area contributed by atoms with Crippen molar-refractivity contribution in [3.05, 3.63) is 58.1 Å². The number of benzene rings is 2. The number of ether oxygens (including phenoxy) is 1. The number of halogens is 1. The number of amides is 1. The Balaban J connectivity index is 1.95. The predicted molar refractivity (Wildman–Crippen MR) is 128 cm³/mol. The van der Waals surface area contributed by atoms with Crippen LogP contribution in [0, 0.1) is 19.8 Å². The fourth-order valence-corrected chi connectivity index (χ4v) is 4.71. The Hall–Kier alpha value is -2.64. The first-order chi connectivity index (χ1) is 15.2. The molecule has 0 saturated carbocycles. The van der Waals surface area contributed by atoms with E-state index < -0.39 is 6.23 Å². The zero-order chi connectivity index (χ0) is 23.0. The maximum absolute atomic E-state index is 13.0. The van der Waals surface area contributed by atoms with E-state index in [9.17, 15) is 4.79 Å². The van der Waals surface area contributed by atoms with Crippen LogP contribution in [0.15, 0.2) is 41.6 Å². The van der Waals surface area contributed by atoms with Crippen LogP contribution in [0.2, 0.25) is 5.02 Å². The van der Waals surface area contributed by atoms with Crippen LogP contribution in [-0.4, -0.2) is 26.8 Å². The molecule has 0 saturated heterocycles. The zero-order valence-electron chi connectivity index (χ0n) is 18.7. The topological polar surface area (TPSA) is 68.2 Å². The number of anilines is 1. The second kappa shape index (κ2) is 9.08. The summed E-state index contributed by atoms with van der Waals surface area (Å²) < 4.78 is 6.42. The van der Waals surface area contributed by atoms with Crippen LogP contribution in [0.1, 0.15) is 43.7 Å². The average Bonchev–Trinajstić information content (AvgIpc) is 2.87. The molecule has 1 aliphatic heterocycles. The van der Waals surface area contributed by atoms with Gasteiger partial charge in [0.05, 0.1) is 5.69 Å². The van der Waals surface area contributed by atoms with E-state index in [0.29, 0.717) is 27.7 Å². The van der Waals surface area contributed by atoms with Crippen molar-refractivity contribution >= 4 is 35.0 Å². The number of aryl methyl sites for hydroxylation is 2. The van der Waals surface area contributed by atoms with E-state index in [-0.39, 0.29) is 5.91 Å². The molecule has 1 aliphatic rings. The fraction of sp³-hybridized carbons (Fsp3) is 0.333. The number of nitrogens with zero attached hydrogens (tertiary/aromatic N) is 4. The van der Waals surface area contributed by atoms with Gasteiger partial charge in [-0.3, -0.25) is 9.69 Å². The van der Waals surface area contributed by atoms with Crippen molar-refractivity contribution in [2.75, 3.05) is 10.7 Å². The molecule has 1 atom stereocenters. The SMILES string of the molecule is CC(=O)N1c2c(C)cc(C)cc2-c2nnc(SCC(C)C)nc2O[C@H]1c1cccc(Cl)c1. The molecular weight excluding hydrogens is 444 g/mol. The van der Waals surface area contributed by atoms with Crippen LogP contribution in [0.25, 0.3) is 11.3 Å². The minimum absolute atomic E-state index is 0.154. The van der Waals surface area contributed by atoms with Gasteiger partial charge in [-0.25, -0.2) is 0 Å². The molecule has 2 heterocycles. The van der Waals surface area contributed by atoms with Gasteiger partial charge in [0.1, 0.15) is 0 Å². The Morgan fingerprint density at radius 1 is 1.22 bits per heavy atom. The van der Waals surface area contributed by atoms with E-state index in [1.807, 2.05) is 38.1 Å². The molecule has 0 fully saturated rings. The summed E-state index contributed by atoms with van der Waals surface area (Å²) in [6.45, 7) is 9.81. The molecule has 8 heteroatoms. The molecular formula is C24H25ClN4O2S. The molecule has 166 valence electrons. The molecule has 3 aromatic rings. The number of thioether (sulfide) groups is 1. The second-order valence-electron chi connectivity index (χ2n) is 8.35. The van der Waals surface area contributed by atoms with Gasteiger partial charge in [0.15, 0.2) is 5.69 Å². The lowest BCUT2D eigenvalue weighted by molar-refractivity contribution is -0.118. The second-order valence-corrected chi connectivity index (χ2v) is 9.77. The van der Waals surface area contributed by atoms with Crippen molar-refractivity contribution in [3.63, 3.8) is 0 Å². The number of fused-ring (bicyclic) bond motifs is 3. The van der Waals surface area contributed by atoms with Gasteiger partial charge in [-0.15, -0.1) is 10.2 Å². The lowest BCUT2D eigenvalue weighted by atomic mass is 10.00. The monoisotopic (exact) mass is 468 g/mol. The van der Waals surface area contributed by atoms with Gasteiger partial charge in [-0.05, 0) is 43.5 Å². The van der Waals surface area contributed by atoms with Crippen molar-refractivity contribution in [1.29, 1.82) is 0 Å². The summed E-state index contributed by atoms with van der Waals surface area (Å²) in [5.74, 6) is 1.55. The summed E-state index contributed by atoms with van der Waals surface area (Å²) in [4.78, 5) is 19.3. The van der Waals surface area contributed by atoms with E-state index in [4.69, 9.17) is 21.3 Å². The highest BCUT2D eigenvalue weighted by Crippen LogP contribution is 2.45. The lowest BCUT2D eigenvalue weighted by Crippen LogP contribution is -2.36. The number of aromatic nitrogens is 3. The van der Waals surface area contributed by atoms with Crippen molar-refractivity contribution in [2.45, 2.75) is 46.0 Å². The summed E-state index contributed by atoms with van der Waals surface area (Å²) in [5.41, 5.74) is 4.79. The Kier molecular flexibility index (Phi) is 6.40. The van der Waals surface area contributed by atoms with Gasteiger partial charge in [-0.2, -0.15) is 4.98 Å². The van der Waals surface area contributed by atoms with Gasteiger partial charge < -0.3 is 4.74 Å². The van der Waals surface area contributed by atoms with E-state index in [1.54, 1.807) is 17.0 Å². The number of rotatable bonds is 4. The molecule has 0 spiro atoms. The normalized spacial score (nSPS) is 15.1. The lowest BCUT2D eigenvalue weighted by Gasteiger charge is -2.31. The minimum Gasteiger partial charge on any atom is -0.447 e. The molecule has 32 heavy (non-hydrogen) atoms. The first kappa shape index (κ1) is 22.6. The Morgan fingerprint density at radius 2 is 2.00 bits per heavy atom. The summed E-state index contributed by atoms with van der Waals surface area (Å²) in [5, 5.41) is 9.95. The third-order valence-corrected chi connectivity index (χ3v) is 6.55. The third kappa shape index (κ3) is 4.45. The van der Waals surface area contributed by atoms with Crippen molar-refractivity contribution in [2.24, 2.45) is 5.92 Å². The van der Waals surface area contributed by atoms with Gasteiger partial charge in [0.2, 0.25) is 23.2 Å². The largest absolute Gasteiger partial charge is 0.447 e. The summed E-state index contributed by atoms with van der Waals surface area (Å²) >= 11 is 7.82. The molecule has 0 radical (unpaired) electrons. The van der Waals surface area contributed by atoms with Crippen LogP contribution in [0.3, 0.4) is 0 Å². The highest BCUT2D eigenvalue weighted by molar-refractivity contribution is 7.99. The van der Waals surface area contributed by atoms with Crippen molar-refractivity contribution in [1.82, 2.24) is 15.2 Å². The third-order valence-electron chi connectivity index (χ3n) is 5.05. The van der Waals surface area contributed by atoms with Crippen LogP contribution >= 0.6 is 23.4 Å². The van der Waals surface area contributed by atoms with Crippen molar-refractivity contribution in [3.8, 4) is 17.1 Å². The highest BCUT2D eigenvalue weighted by atomic mass is 35.5. The van der Waals surface area contributed by atoms with Gasteiger partial charge in [0, 0.05) is 28.8 Å². The molecule has 1 amide bonds. The van der Waals surface area contributed by atoms with Crippen LogP contribution in [0.5, 0.6) is 5.88 Å². The fourth-order valence-electron chi connectivity index (χ4n) is 3.79. The highest BCUT2D eigenvalue weighted by Gasteiger charge is 2.36. The maximum atomic E-state index is 13.0. The zero-order valence-corrected chi connectivity index (χ0v) is 20.3. The number of hydrogen-bond donors (Lipinski definition) is 0. The summed E-state index contributed by atoms with van der Waals surface area (Å²) in [6.07, 6.45) is -0.743. The Labute approximate surface area is 197 Å². The van der Waals surface area contributed by atoms with E-state index in [1.165, 1.54) is 18.7 Å². The predicted octanol–water partition coefficient (Wildman–Crippen LogP) is 6.00. The first-order valence-electron chi connectivity index (χ1n) is 10.5. The summed E-state index contributed by atoms with van der Waals surface area (Å²) in [6, 6.07) is 11.4. The Bertz CT molecular complexity index is 1180. The molecule has 6 nitrogen and oxygen atoms in total. The first-order valence-corrected chi connectivity index (χ1v) is 11.8. The molecule has 0 aliphatic carbocycles. The quantitative estimate of drug-likeness (QED) is 0.437. The standard InChI is InChI=1S/C24H25ClN4O2S/c1-13(2)12-32-24-26-22-20(27-28-24)19-10-14(3)9-15(4)21(19)29(16(5)30)23(31-22)17-7-6-8-18(25)11-17/h6-11,13,23H,12H2,1-5H3/t23-/m0/s1. The van der Waals surface area contributed by atoms with Gasteiger partial charge in [-0.1, -0.05) is 61.0 Å². The van der Waals surface area contributed by atoms with Crippen LogP contribution in [0.4, 0.5) is 5.69 Å². The van der Waals surface area contributed by atoms with Gasteiger partial charge >= 0.3 is 0 Å². The molecule has 0 N–H and O–H groups in total. The van der Waals surface area contributed by atoms with E-state index >= 15 is 0 Å². The van der Waals surface area contributed by atoms with E-state index in [0.717, 1.165) is 33.7 Å². The minimum atomic E-state index is -0.743. The maximum Gasteiger partial charge on any atom is 0.247 e. The van der Waals surface area contributed by atoms with Crippen LogP contribution in [-0.2, 0) is 4.79 Å². The molecule has 4 rings (SSSR count). The van der Waals surface area contributed by atoms with E-state index in [2.05, 4.69) is 24.0 Å². The van der Waals surface area contributed by atoms with Gasteiger partial charge in [0.25, 0.3) is 0 Å². The summed E-state index contributed by atoms with van der Waals surface area (Å²) in [7, 11) is 0. The molecule has 0 unspecified atom stereocenters. The Morgan fingerprint density at radius 3 is 2.69 bits per heavy atom. The molecule has 0 bridgehead atoms. The number of carbonyl (C=O) groups excluding carboxylic acids is 1. The molecule has 2 aromatic carbocycles. The van der Waals surface area contributed by atoms with Crippen molar-refractivity contribution < 1.29 is 9.53 Å². The average molecular weight is 469 g/mol. The molecule has 1 aromatic heterocycles.